The number of anilines is 1. The topological polar surface area (TPSA) is 144 Å². The third-order valence-electron chi connectivity index (χ3n) is 10.8. The number of hydrogen-bond acceptors (Lipinski definition) is 9. The maximum atomic E-state index is 13.4. The van der Waals surface area contributed by atoms with Gasteiger partial charge < -0.3 is 19.6 Å². The fourth-order valence-electron chi connectivity index (χ4n) is 8.66. The minimum Gasteiger partial charge on any atom is -0.508 e. The molecule has 12 heteroatoms. The summed E-state index contributed by atoms with van der Waals surface area (Å²) in [5, 5.41) is 19.7. The lowest BCUT2D eigenvalue weighted by Crippen LogP contribution is -2.56. The average molecular weight is 633 g/mol. The molecule has 2 atom stereocenters. The monoisotopic (exact) mass is 632 g/mol. The fraction of sp³-hybridized carbons (Fsp3) is 0.400. The summed E-state index contributed by atoms with van der Waals surface area (Å²) >= 11 is 0. The molecule has 2 aromatic heterocycles. The van der Waals surface area contributed by atoms with Crippen molar-refractivity contribution in [1.29, 1.82) is 0 Å². The number of carbonyl (C=O) groups is 1. The molecule has 0 radical (unpaired) electrons. The van der Waals surface area contributed by atoms with Gasteiger partial charge in [0, 0.05) is 18.5 Å². The van der Waals surface area contributed by atoms with Crippen molar-refractivity contribution < 1.29 is 14.6 Å². The molecule has 47 heavy (non-hydrogen) atoms. The zero-order valence-electron chi connectivity index (χ0n) is 26.0. The van der Waals surface area contributed by atoms with Crippen LogP contribution in [0.2, 0.25) is 0 Å². The predicted molar refractivity (Wildman–Crippen MR) is 177 cm³/mol. The molecule has 2 bridgehead atoms. The van der Waals surface area contributed by atoms with Crippen molar-refractivity contribution in [3.8, 4) is 22.9 Å². The molecule has 5 aromatic rings. The molecule has 240 valence electrons. The van der Waals surface area contributed by atoms with Crippen molar-refractivity contribution in [3.63, 3.8) is 0 Å². The van der Waals surface area contributed by atoms with Crippen LogP contribution < -0.4 is 15.3 Å². The largest absolute Gasteiger partial charge is 0.508 e. The maximum absolute atomic E-state index is 13.4. The second-order valence-corrected chi connectivity index (χ2v) is 13.5. The Labute approximate surface area is 270 Å². The Balaban J connectivity index is 1.10. The van der Waals surface area contributed by atoms with E-state index in [0.29, 0.717) is 25.7 Å². The number of H-pyrrole nitrogens is 2. The molecule has 3 N–H and O–H groups in total. The first kappa shape index (κ1) is 28.3. The highest BCUT2D eigenvalue weighted by atomic mass is 16.5. The number of hydrogen-bond donors (Lipinski definition) is 3. The number of aromatic hydroxyl groups is 1. The summed E-state index contributed by atoms with van der Waals surface area (Å²) < 4.78 is 6.52. The summed E-state index contributed by atoms with van der Waals surface area (Å²) in [4.78, 5) is 44.3. The summed E-state index contributed by atoms with van der Waals surface area (Å²) in [6.45, 7) is 3.99. The van der Waals surface area contributed by atoms with E-state index in [1.807, 2.05) is 23.1 Å². The molecule has 4 aliphatic rings. The normalized spacial score (nSPS) is 22.0. The third kappa shape index (κ3) is 4.72. The van der Waals surface area contributed by atoms with Gasteiger partial charge in [-0.1, -0.05) is 30.3 Å². The number of nitrogens with one attached hydrogen (secondary N) is 2. The number of aromatic nitrogens is 5. The Kier molecular flexibility index (Phi) is 6.49. The van der Waals surface area contributed by atoms with Crippen LogP contribution in [0.1, 0.15) is 49.1 Å². The van der Waals surface area contributed by atoms with Crippen molar-refractivity contribution in [2.24, 2.45) is 0 Å². The van der Waals surface area contributed by atoms with Gasteiger partial charge in [-0.25, -0.2) is 9.89 Å². The molecule has 6 heterocycles. The molecule has 4 saturated heterocycles. The maximum Gasteiger partial charge on any atom is 0.341 e. The lowest BCUT2D eigenvalue weighted by Gasteiger charge is -2.41. The Bertz CT molecular complexity index is 2070. The van der Waals surface area contributed by atoms with Gasteiger partial charge in [0.1, 0.15) is 18.2 Å². The van der Waals surface area contributed by atoms with Gasteiger partial charge in [0.15, 0.2) is 0 Å². The van der Waals surface area contributed by atoms with E-state index >= 15 is 0 Å². The number of amides is 1. The number of benzene rings is 3. The van der Waals surface area contributed by atoms with Gasteiger partial charge in [0.25, 0.3) is 5.91 Å². The van der Waals surface area contributed by atoms with Crippen LogP contribution in [0.3, 0.4) is 0 Å². The highest BCUT2D eigenvalue weighted by Gasteiger charge is 2.46. The van der Waals surface area contributed by atoms with Crippen molar-refractivity contribution in [3.05, 3.63) is 70.9 Å². The van der Waals surface area contributed by atoms with Crippen LogP contribution in [-0.2, 0) is 0 Å². The zero-order chi connectivity index (χ0) is 31.7. The SMILES string of the molecule is O=C(c1n[nH]c(=O)[nH]1)N1C2CCC1CN(c1nc(OCC34CCCN3CCC4)nc3cc(-c4cc(O)cc5ccccc45)ccc13)C2. The Morgan fingerprint density at radius 3 is 2.53 bits per heavy atom. The molecule has 0 saturated carbocycles. The molecule has 4 fully saturated rings. The van der Waals surface area contributed by atoms with Crippen LogP contribution in [-0.4, -0.2) is 96.4 Å². The molecule has 4 aliphatic heterocycles. The Morgan fingerprint density at radius 1 is 0.979 bits per heavy atom. The molecular formula is C35H36N8O4. The molecule has 3 aromatic carbocycles. The number of ether oxygens (including phenoxy) is 1. The first-order valence-electron chi connectivity index (χ1n) is 16.6. The molecule has 0 spiro atoms. The molecule has 9 rings (SSSR count). The number of phenols is 1. The lowest BCUT2D eigenvalue weighted by atomic mass is 9.95. The minimum atomic E-state index is -0.490. The summed E-state index contributed by atoms with van der Waals surface area (Å²) in [6, 6.07) is 18.1. The van der Waals surface area contributed by atoms with E-state index in [4.69, 9.17) is 14.7 Å². The second-order valence-electron chi connectivity index (χ2n) is 13.5. The van der Waals surface area contributed by atoms with E-state index in [-0.39, 0.29) is 35.1 Å². The number of piperazine rings is 1. The van der Waals surface area contributed by atoms with Crippen LogP contribution in [0.4, 0.5) is 5.82 Å². The number of phenolic OH excluding ortho intramolecular Hbond substituents is 1. The van der Waals surface area contributed by atoms with Gasteiger partial charge in [-0.05, 0) is 97.8 Å². The molecular weight excluding hydrogens is 596 g/mol. The van der Waals surface area contributed by atoms with E-state index in [9.17, 15) is 14.7 Å². The van der Waals surface area contributed by atoms with E-state index in [1.54, 1.807) is 12.1 Å². The van der Waals surface area contributed by atoms with Gasteiger partial charge in [-0.3, -0.25) is 14.7 Å². The van der Waals surface area contributed by atoms with Crippen molar-refractivity contribution in [2.45, 2.75) is 56.1 Å². The highest BCUT2D eigenvalue weighted by Crippen LogP contribution is 2.41. The number of aromatic amines is 2. The van der Waals surface area contributed by atoms with E-state index in [0.717, 1.165) is 77.4 Å². The van der Waals surface area contributed by atoms with Gasteiger partial charge in [0.2, 0.25) is 5.82 Å². The van der Waals surface area contributed by atoms with Crippen molar-refractivity contribution in [1.82, 2.24) is 34.9 Å². The first-order valence-corrected chi connectivity index (χ1v) is 16.6. The third-order valence-corrected chi connectivity index (χ3v) is 10.8. The standard InChI is InChI=1S/C35H36N8O4/c44-25-15-21-5-1-2-6-26(21)28(17-25)22-7-10-27-29(16-22)36-34(47-20-35-11-3-13-42(35)14-4-12-35)38-31(27)41-18-23-8-9-24(19-41)43(23)32(45)30-37-33(46)40-39-30/h1-2,5-7,10,15-17,23-24,44H,3-4,8-9,11-14,18-20H2,(H2,37,39,40,46). The quantitative estimate of drug-likeness (QED) is 0.252. The van der Waals surface area contributed by atoms with Crippen LogP contribution in [0.15, 0.2) is 59.4 Å². The molecule has 2 unspecified atom stereocenters. The van der Waals surface area contributed by atoms with Crippen molar-refractivity contribution >= 4 is 33.4 Å². The van der Waals surface area contributed by atoms with Crippen LogP contribution in [0.5, 0.6) is 11.8 Å². The summed E-state index contributed by atoms with van der Waals surface area (Å²) in [6.07, 6.45) is 6.35. The summed E-state index contributed by atoms with van der Waals surface area (Å²) in [5.41, 5.74) is 2.20. The van der Waals surface area contributed by atoms with Crippen LogP contribution in [0, 0.1) is 0 Å². The van der Waals surface area contributed by atoms with Crippen LogP contribution in [0.25, 0.3) is 32.8 Å². The highest BCUT2D eigenvalue weighted by molar-refractivity contribution is 6.01. The summed E-state index contributed by atoms with van der Waals surface area (Å²) in [7, 11) is 0. The van der Waals surface area contributed by atoms with Crippen LogP contribution >= 0.6 is 0 Å². The van der Waals surface area contributed by atoms with E-state index in [1.165, 1.54) is 12.8 Å². The lowest BCUT2D eigenvalue weighted by molar-refractivity contribution is 0.0628. The van der Waals surface area contributed by atoms with E-state index in [2.05, 4.69) is 49.2 Å². The van der Waals surface area contributed by atoms with Gasteiger partial charge >= 0.3 is 11.7 Å². The van der Waals surface area contributed by atoms with E-state index < -0.39 is 5.69 Å². The Hall–Kier alpha value is -4.97. The predicted octanol–water partition coefficient (Wildman–Crippen LogP) is 4.07. The minimum absolute atomic E-state index is 0.0433. The van der Waals surface area contributed by atoms with Gasteiger partial charge in [0.05, 0.1) is 23.1 Å². The first-order chi connectivity index (χ1) is 22.9. The second kappa shape index (κ2) is 10.8. The van der Waals surface area contributed by atoms with Gasteiger partial charge in [-0.2, -0.15) is 9.97 Å². The fourth-order valence-corrected chi connectivity index (χ4v) is 8.66. The Morgan fingerprint density at radius 2 is 1.77 bits per heavy atom. The zero-order valence-corrected chi connectivity index (χ0v) is 26.0. The summed E-state index contributed by atoms with van der Waals surface area (Å²) in [5.74, 6) is 0.793. The van der Waals surface area contributed by atoms with Gasteiger partial charge in [-0.15, -0.1) is 5.10 Å². The smallest absolute Gasteiger partial charge is 0.341 e. The number of carbonyl (C=O) groups excluding carboxylic acids is 1. The number of rotatable bonds is 6. The molecule has 1 amide bonds. The number of nitrogens with zero attached hydrogens (tertiary/aromatic N) is 6. The molecule has 12 nitrogen and oxygen atoms in total. The van der Waals surface area contributed by atoms with Crippen molar-refractivity contribution in [2.75, 3.05) is 37.7 Å². The average Bonchev–Trinajstić information content (AvgIpc) is 3.85. The number of fused-ring (bicyclic) bond motifs is 5. The molecule has 0 aliphatic carbocycles.